The summed E-state index contributed by atoms with van der Waals surface area (Å²) in [5.74, 6) is -0.589. The van der Waals surface area contributed by atoms with Gasteiger partial charge in [0, 0.05) is 12.0 Å². The van der Waals surface area contributed by atoms with Gasteiger partial charge in [-0.15, -0.1) is 0 Å². The SMILES string of the molecule is O=C(CBr)Cc1c(C(F)F)cccc1C(F)(F)F. The van der Waals surface area contributed by atoms with Crippen LogP contribution in [0.5, 0.6) is 0 Å². The molecule has 0 amide bonds. The van der Waals surface area contributed by atoms with Crippen LogP contribution < -0.4 is 0 Å². The lowest BCUT2D eigenvalue weighted by Crippen LogP contribution is -2.15. The van der Waals surface area contributed by atoms with Crippen molar-refractivity contribution in [2.24, 2.45) is 0 Å². The Morgan fingerprint density at radius 2 is 1.89 bits per heavy atom. The van der Waals surface area contributed by atoms with Crippen LogP contribution in [-0.2, 0) is 17.4 Å². The first-order chi connectivity index (χ1) is 8.27. The summed E-state index contributed by atoms with van der Waals surface area (Å²) >= 11 is 2.79. The van der Waals surface area contributed by atoms with Gasteiger partial charge in [-0.3, -0.25) is 4.79 Å². The summed E-state index contributed by atoms with van der Waals surface area (Å²) in [5, 5.41) is -0.179. The molecular formula is C11H8BrF5O. The van der Waals surface area contributed by atoms with Crippen molar-refractivity contribution in [3.05, 3.63) is 34.9 Å². The third-order valence-electron chi connectivity index (χ3n) is 2.28. The van der Waals surface area contributed by atoms with Crippen LogP contribution in [0.25, 0.3) is 0 Å². The molecule has 1 nitrogen and oxygen atoms in total. The van der Waals surface area contributed by atoms with E-state index in [9.17, 15) is 26.7 Å². The molecule has 1 rings (SSSR count). The Hall–Kier alpha value is -0.980. The van der Waals surface area contributed by atoms with Gasteiger partial charge in [0.05, 0.1) is 10.9 Å². The molecule has 0 unspecified atom stereocenters. The highest BCUT2D eigenvalue weighted by Gasteiger charge is 2.35. The number of benzene rings is 1. The molecule has 0 heterocycles. The molecular weight excluding hydrogens is 323 g/mol. The van der Waals surface area contributed by atoms with E-state index in [1.165, 1.54) is 0 Å². The monoisotopic (exact) mass is 330 g/mol. The van der Waals surface area contributed by atoms with Crippen LogP contribution in [0.1, 0.15) is 23.1 Å². The molecule has 0 aliphatic heterocycles. The molecule has 0 aliphatic carbocycles. The topological polar surface area (TPSA) is 17.1 Å². The second-order valence-electron chi connectivity index (χ2n) is 3.52. The third-order valence-corrected chi connectivity index (χ3v) is 2.90. The lowest BCUT2D eigenvalue weighted by Gasteiger charge is -2.15. The van der Waals surface area contributed by atoms with E-state index in [2.05, 4.69) is 15.9 Å². The maximum Gasteiger partial charge on any atom is 0.416 e. The summed E-state index contributed by atoms with van der Waals surface area (Å²) in [6.07, 6.45) is -8.47. The molecule has 0 spiro atoms. The summed E-state index contributed by atoms with van der Waals surface area (Å²) in [4.78, 5) is 11.2. The maximum atomic E-state index is 12.7. The first kappa shape index (κ1) is 15.1. The molecule has 0 aliphatic rings. The molecule has 0 aromatic heterocycles. The van der Waals surface area contributed by atoms with Gasteiger partial charge in [0.2, 0.25) is 0 Å². The highest BCUT2D eigenvalue weighted by atomic mass is 79.9. The van der Waals surface area contributed by atoms with Crippen molar-refractivity contribution in [2.75, 3.05) is 5.33 Å². The first-order valence-electron chi connectivity index (χ1n) is 4.82. The average Bonchev–Trinajstić information content (AvgIpc) is 2.27. The van der Waals surface area contributed by atoms with Crippen molar-refractivity contribution in [1.82, 2.24) is 0 Å². The summed E-state index contributed by atoms with van der Waals surface area (Å²) < 4.78 is 63.4. The molecule has 0 saturated carbocycles. The van der Waals surface area contributed by atoms with Crippen LogP contribution in [0.4, 0.5) is 22.0 Å². The minimum absolute atomic E-state index is 0.179. The molecule has 1 aromatic carbocycles. The Labute approximate surface area is 108 Å². The zero-order valence-electron chi connectivity index (χ0n) is 8.90. The van der Waals surface area contributed by atoms with E-state index in [0.717, 1.165) is 12.1 Å². The molecule has 0 fully saturated rings. The zero-order valence-corrected chi connectivity index (χ0v) is 10.5. The van der Waals surface area contributed by atoms with Crippen LogP contribution in [0.3, 0.4) is 0 Å². The van der Waals surface area contributed by atoms with E-state index in [-0.39, 0.29) is 5.33 Å². The molecule has 0 atom stereocenters. The number of hydrogen-bond acceptors (Lipinski definition) is 1. The molecule has 0 N–H and O–H groups in total. The van der Waals surface area contributed by atoms with E-state index in [1.54, 1.807) is 0 Å². The average molecular weight is 331 g/mol. The van der Waals surface area contributed by atoms with Gasteiger partial charge in [0.25, 0.3) is 6.43 Å². The molecule has 1 aromatic rings. The molecule has 100 valence electrons. The Morgan fingerprint density at radius 3 is 2.33 bits per heavy atom. The lowest BCUT2D eigenvalue weighted by molar-refractivity contribution is -0.138. The van der Waals surface area contributed by atoms with Crippen LogP contribution >= 0.6 is 15.9 Å². The maximum absolute atomic E-state index is 12.7. The van der Waals surface area contributed by atoms with Crippen LogP contribution in [0.2, 0.25) is 0 Å². The number of rotatable bonds is 4. The normalized spacial score (nSPS) is 11.9. The Bertz CT molecular complexity index is 442. The smallest absolute Gasteiger partial charge is 0.298 e. The van der Waals surface area contributed by atoms with Crippen molar-refractivity contribution in [3.63, 3.8) is 0 Å². The predicted molar refractivity (Wildman–Crippen MR) is 58.9 cm³/mol. The van der Waals surface area contributed by atoms with Crippen LogP contribution in [0, 0.1) is 0 Å². The van der Waals surface area contributed by atoms with Crippen molar-refractivity contribution in [2.45, 2.75) is 19.0 Å². The van der Waals surface area contributed by atoms with Gasteiger partial charge in [0.1, 0.15) is 5.78 Å². The molecule has 7 heteroatoms. The number of carbonyl (C=O) groups excluding carboxylic acids is 1. The minimum Gasteiger partial charge on any atom is -0.298 e. The highest BCUT2D eigenvalue weighted by molar-refractivity contribution is 9.09. The van der Waals surface area contributed by atoms with Crippen molar-refractivity contribution < 1.29 is 26.7 Å². The van der Waals surface area contributed by atoms with Gasteiger partial charge >= 0.3 is 6.18 Å². The summed E-state index contributed by atoms with van der Waals surface area (Å²) in [7, 11) is 0. The fraction of sp³-hybridized carbons (Fsp3) is 0.364. The first-order valence-corrected chi connectivity index (χ1v) is 5.94. The van der Waals surface area contributed by atoms with Gasteiger partial charge in [-0.2, -0.15) is 13.2 Å². The van der Waals surface area contributed by atoms with Gasteiger partial charge in [0.15, 0.2) is 0 Å². The molecule has 0 bridgehead atoms. The Balaban J connectivity index is 3.34. The second kappa shape index (κ2) is 5.77. The number of halogens is 6. The Kier molecular flexibility index (Phi) is 4.84. The van der Waals surface area contributed by atoms with E-state index in [4.69, 9.17) is 0 Å². The summed E-state index contributed by atoms with van der Waals surface area (Å²) in [6.45, 7) is 0. The van der Waals surface area contributed by atoms with Crippen LogP contribution in [-0.4, -0.2) is 11.1 Å². The standard InChI is InChI=1S/C11H8BrF5O/c12-5-6(18)4-8-7(10(13)14)2-1-3-9(8)11(15,16)17/h1-3,10H,4-5H2. The number of alkyl halides is 6. The fourth-order valence-electron chi connectivity index (χ4n) is 1.52. The fourth-order valence-corrected chi connectivity index (χ4v) is 1.71. The van der Waals surface area contributed by atoms with Gasteiger partial charge < -0.3 is 0 Å². The summed E-state index contributed by atoms with van der Waals surface area (Å²) in [5.41, 5.74) is -2.59. The highest BCUT2D eigenvalue weighted by Crippen LogP contribution is 2.36. The lowest BCUT2D eigenvalue weighted by atomic mass is 9.96. The van der Waals surface area contributed by atoms with Gasteiger partial charge in [-0.05, 0) is 11.6 Å². The largest absolute Gasteiger partial charge is 0.416 e. The van der Waals surface area contributed by atoms with Crippen LogP contribution in [0.15, 0.2) is 18.2 Å². The van der Waals surface area contributed by atoms with E-state index in [1.807, 2.05) is 0 Å². The molecule has 0 saturated heterocycles. The zero-order chi connectivity index (χ0) is 13.9. The minimum atomic E-state index is -4.76. The second-order valence-corrected chi connectivity index (χ2v) is 4.08. The third kappa shape index (κ3) is 3.51. The van der Waals surface area contributed by atoms with Crippen molar-refractivity contribution >= 4 is 21.7 Å². The predicted octanol–water partition coefficient (Wildman–Crippen LogP) is 4.15. The van der Waals surface area contributed by atoms with Crippen molar-refractivity contribution in [1.29, 1.82) is 0 Å². The number of carbonyl (C=O) groups is 1. The van der Waals surface area contributed by atoms with Gasteiger partial charge in [-0.1, -0.05) is 28.1 Å². The number of Topliss-reactive ketones (excluding diaryl/α,β-unsaturated/α-hetero) is 1. The quantitative estimate of drug-likeness (QED) is 0.598. The summed E-state index contributed by atoms with van der Waals surface area (Å²) in [6, 6.07) is 2.51. The van der Waals surface area contributed by atoms with E-state index < -0.39 is 41.5 Å². The number of hydrogen-bond donors (Lipinski definition) is 0. The number of ketones is 1. The van der Waals surface area contributed by atoms with E-state index in [0.29, 0.717) is 6.07 Å². The Morgan fingerprint density at radius 1 is 1.28 bits per heavy atom. The molecule has 0 radical (unpaired) electrons. The molecule has 18 heavy (non-hydrogen) atoms. The van der Waals surface area contributed by atoms with Crippen molar-refractivity contribution in [3.8, 4) is 0 Å². The van der Waals surface area contributed by atoms with Gasteiger partial charge in [-0.25, -0.2) is 8.78 Å². The van der Waals surface area contributed by atoms with E-state index >= 15 is 0 Å².